The summed E-state index contributed by atoms with van der Waals surface area (Å²) in [6.07, 6.45) is 6.97. The van der Waals surface area contributed by atoms with Crippen molar-refractivity contribution < 1.29 is 0 Å². The van der Waals surface area contributed by atoms with E-state index in [9.17, 15) is 0 Å². The second kappa shape index (κ2) is 4.97. The third-order valence-electron chi connectivity index (χ3n) is 3.55. The lowest BCUT2D eigenvalue weighted by Crippen LogP contribution is -2.47. The van der Waals surface area contributed by atoms with E-state index in [0.29, 0.717) is 6.04 Å². The van der Waals surface area contributed by atoms with Crippen molar-refractivity contribution in [3.05, 3.63) is 0 Å². The molecule has 2 N–H and O–H groups in total. The average molecular weight is 184 g/mol. The van der Waals surface area contributed by atoms with Gasteiger partial charge in [-0.1, -0.05) is 19.3 Å². The number of nitrogens with zero attached hydrogens (tertiary/aromatic N) is 1. The van der Waals surface area contributed by atoms with E-state index in [1.165, 1.54) is 32.1 Å². The van der Waals surface area contributed by atoms with Gasteiger partial charge in [-0.3, -0.25) is 4.90 Å². The zero-order valence-electron chi connectivity index (χ0n) is 9.29. The van der Waals surface area contributed by atoms with Gasteiger partial charge in [0.2, 0.25) is 0 Å². The minimum absolute atomic E-state index is 0.284. The van der Waals surface area contributed by atoms with E-state index in [1.807, 2.05) is 0 Å². The van der Waals surface area contributed by atoms with Gasteiger partial charge in [0, 0.05) is 18.1 Å². The molecule has 2 heteroatoms. The van der Waals surface area contributed by atoms with Gasteiger partial charge in [0.15, 0.2) is 0 Å². The van der Waals surface area contributed by atoms with Gasteiger partial charge in [0.25, 0.3) is 0 Å². The number of likely N-dealkylation sites (N-methyl/N-ethyl adjacent to an activating group) is 1. The molecule has 1 aliphatic carbocycles. The molecule has 0 saturated heterocycles. The van der Waals surface area contributed by atoms with Gasteiger partial charge in [-0.15, -0.1) is 0 Å². The quantitative estimate of drug-likeness (QED) is 0.727. The first-order valence-electron chi connectivity index (χ1n) is 5.60. The monoisotopic (exact) mass is 184 g/mol. The first-order chi connectivity index (χ1) is 6.13. The van der Waals surface area contributed by atoms with Gasteiger partial charge in [0.1, 0.15) is 0 Å². The summed E-state index contributed by atoms with van der Waals surface area (Å²) in [5.74, 6) is 0. The molecule has 0 radical (unpaired) electrons. The molecule has 1 rings (SSSR count). The third-order valence-corrected chi connectivity index (χ3v) is 3.55. The molecule has 2 atom stereocenters. The van der Waals surface area contributed by atoms with Crippen LogP contribution in [-0.4, -0.2) is 30.1 Å². The number of rotatable bonds is 3. The van der Waals surface area contributed by atoms with Crippen LogP contribution in [0.25, 0.3) is 0 Å². The number of hydrogen-bond acceptors (Lipinski definition) is 2. The lowest BCUT2D eigenvalue weighted by Gasteiger charge is -2.37. The highest BCUT2D eigenvalue weighted by Crippen LogP contribution is 2.23. The molecule has 0 aromatic rings. The minimum Gasteiger partial charge on any atom is -0.327 e. The van der Waals surface area contributed by atoms with Crippen LogP contribution in [0, 0.1) is 0 Å². The maximum Gasteiger partial charge on any atom is 0.0216 e. The van der Waals surface area contributed by atoms with Gasteiger partial charge in [0.05, 0.1) is 0 Å². The molecule has 1 aliphatic rings. The topological polar surface area (TPSA) is 29.3 Å². The average Bonchev–Trinajstić information content (AvgIpc) is 2.17. The van der Waals surface area contributed by atoms with Crippen molar-refractivity contribution in [1.29, 1.82) is 0 Å². The molecular weight excluding hydrogens is 160 g/mol. The molecule has 1 fully saturated rings. The van der Waals surface area contributed by atoms with Gasteiger partial charge >= 0.3 is 0 Å². The molecule has 2 nitrogen and oxygen atoms in total. The van der Waals surface area contributed by atoms with Crippen LogP contribution in [0.5, 0.6) is 0 Å². The minimum atomic E-state index is 0.284. The molecule has 0 bridgehead atoms. The third kappa shape index (κ3) is 2.96. The highest BCUT2D eigenvalue weighted by Gasteiger charge is 2.23. The summed E-state index contributed by atoms with van der Waals surface area (Å²) in [6, 6.07) is 1.59. The lowest BCUT2D eigenvalue weighted by molar-refractivity contribution is 0.133. The molecule has 2 unspecified atom stereocenters. The Morgan fingerprint density at radius 2 is 1.69 bits per heavy atom. The first-order valence-corrected chi connectivity index (χ1v) is 5.60. The SMILES string of the molecule is CC(N)C(C)N(C)C1CCCCC1. The van der Waals surface area contributed by atoms with Crippen molar-refractivity contribution >= 4 is 0 Å². The van der Waals surface area contributed by atoms with Crippen molar-refractivity contribution in [3.63, 3.8) is 0 Å². The fourth-order valence-corrected chi connectivity index (χ4v) is 2.19. The molecule has 0 aromatic carbocycles. The second-order valence-corrected chi connectivity index (χ2v) is 4.56. The Kier molecular flexibility index (Phi) is 4.20. The van der Waals surface area contributed by atoms with Crippen LogP contribution in [0.1, 0.15) is 46.0 Å². The molecule has 0 spiro atoms. The van der Waals surface area contributed by atoms with E-state index in [4.69, 9.17) is 5.73 Å². The molecule has 78 valence electrons. The van der Waals surface area contributed by atoms with Crippen LogP contribution in [0.2, 0.25) is 0 Å². The van der Waals surface area contributed by atoms with Gasteiger partial charge in [-0.25, -0.2) is 0 Å². The van der Waals surface area contributed by atoms with E-state index < -0.39 is 0 Å². The molecule has 0 aromatic heterocycles. The standard InChI is InChI=1S/C11H24N2/c1-9(12)10(2)13(3)11-7-5-4-6-8-11/h9-11H,4-8,12H2,1-3H3. The summed E-state index contributed by atoms with van der Waals surface area (Å²) in [6.45, 7) is 4.34. The summed E-state index contributed by atoms with van der Waals surface area (Å²) in [4.78, 5) is 2.48. The normalized spacial score (nSPS) is 24.7. The number of nitrogens with two attached hydrogens (primary N) is 1. The van der Waals surface area contributed by atoms with E-state index in [-0.39, 0.29) is 6.04 Å². The largest absolute Gasteiger partial charge is 0.327 e. The van der Waals surface area contributed by atoms with Crippen LogP contribution >= 0.6 is 0 Å². The smallest absolute Gasteiger partial charge is 0.0216 e. The Morgan fingerprint density at radius 1 is 1.15 bits per heavy atom. The maximum atomic E-state index is 5.90. The highest BCUT2D eigenvalue weighted by atomic mass is 15.2. The summed E-state index contributed by atoms with van der Waals surface area (Å²) >= 11 is 0. The second-order valence-electron chi connectivity index (χ2n) is 4.56. The molecule has 0 heterocycles. The van der Waals surface area contributed by atoms with Gasteiger partial charge < -0.3 is 5.73 Å². The zero-order valence-corrected chi connectivity index (χ0v) is 9.29. The Bertz CT molecular complexity index is 139. The Labute approximate surface area is 82.5 Å². The summed E-state index contributed by atoms with van der Waals surface area (Å²) < 4.78 is 0. The fraction of sp³-hybridized carbons (Fsp3) is 1.00. The zero-order chi connectivity index (χ0) is 9.84. The summed E-state index contributed by atoms with van der Waals surface area (Å²) in [5.41, 5.74) is 5.90. The first kappa shape index (κ1) is 11.0. The van der Waals surface area contributed by atoms with Gasteiger partial charge in [-0.05, 0) is 33.7 Å². The molecule has 0 amide bonds. The molecular formula is C11H24N2. The summed E-state index contributed by atoms with van der Waals surface area (Å²) in [5, 5.41) is 0. The highest BCUT2D eigenvalue weighted by molar-refractivity contribution is 4.80. The van der Waals surface area contributed by atoms with E-state index in [1.54, 1.807) is 0 Å². The van der Waals surface area contributed by atoms with Crippen LogP contribution in [-0.2, 0) is 0 Å². The molecule has 1 saturated carbocycles. The maximum absolute atomic E-state index is 5.90. The van der Waals surface area contributed by atoms with Crippen molar-refractivity contribution in [1.82, 2.24) is 4.90 Å². The van der Waals surface area contributed by atoms with E-state index in [2.05, 4.69) is 25.8 Å². The van der Waals surface area contributed by atoms with Crippen molar-refractivity contribution in [2.75, 3.05) is 7.05 Å². The molecule has 13 heavy (non-hydrogen) atoms. The van der Waals surface area contributed by atoms with E-state index in [0.717, 1.165) is 6.04 Å². The van der Waals surface area contributed by atoms with Crippen molar-refractivity contribution in [2.24, 2.45) is 5.73 Å². The predicted molar refractivity (Wildman–Crippen MR) is 57.7 cm³/mol. The van der Waals surface area contributed by atoms with Crippen LogP contribution < -0.4 is 5.73 Å². The van der Waals surface area contributed by atoms with Gasteiger partial charge in [-0.2, -0.15) is 0 Å². The Hall–Kier alpha value is -0.0800. The Balaban J connectivity index is 2.40. The van der Waals surface area contributed by atoms with Crippen molar-refractivity contribution in [2.45, 2.75) is 64.1 Å². The van der Waals surface area contributed by atoms with Crippen LogP contribution in [0.15, 0.2) is 0 Å². The Morgan fingerprint density at radius 3 is 2.15 bits per heavy atom. The summed E-state index contributed by atoms with van der Waals surface area (Å²) in [7, 11) is 2.23. The molecule has 0 aliphatic heterocycles. The van der Waals surface area contributed by atoms with Crippen LogP contribution in [0.3, 0.4) is 0 Å². The number of hydrogen-bond donors (Lipinski definition) is 1. The lowest BCUT2D eigenvalue weighted by atomic mass is 9.93. The van der Waals surface area contributed by atoms with Crippen LogP contribution in [0.4, 0.5) is 0 Å². The fourth-order valence-electron chi connectivity index (χ4n) is 2.19. The van der Waals surface area contributed by atoms with Crippen molar-refractivity contribution in [3.8, 4) is 0 Å². The predicted octanol–water partition coefficient (Wildman–Crippen LogP) is 1.99. The van der Waals surface area contributed by atoms with E-state index >= 15 is 0 Å².